The Kier molecular flexibility index (Phi) is 5.08. The van der Waals surface area contributed by atoms with E-state index in [1.165, 1.54) is 28.2 Å². The summed E-state index contributed by atoms with van der Waals surface area (Å²) < 4.78 is 44.4. The molecule has 0 atom stereocenters. The number of hydrogen-bond donors (Lipinski definition) is 0. The topological polar surface area (TPSA) is 57.0 Å². The number of aromatic nitrogens is 3. The fourth-order valence-electron chi connectivity index (χ4n) is 2.39. The summed E-state index contributed by atoms with van der Waals surface area (Å²) in [5, 5.41) is 11.7. The first-order valence-corrected chi connectivity index (χ1v) is 8.63. The molecule has 0 aliphatic rings. The highest BCUT2D eigenvalue weighted by Gasteiger charge is 2.30. The molecule has 0 aliphatic heterocycles. The molecule has 2 heterocycles. The lowest BCUT2D eigenvalue weighted by Crippen LogP contribution is -2.15. The van der Waals surface area contributed by atoms with Crippen LogP contribution in [0, 0.1) is 0 Å². The zero-order valence-corrected chi connectivity index (χ0v) is 14.5. The van der Waals surface area contributed by atoms with Gasteiger partial charge in [0.15, 0.2) is 5.69 Å². The number of alkyl halides is 3. The van der Waals surface area contributed by atoms with E-state index in [4.69, 9.17) is 4.74 Å². The summed E-state index contributed by atoms with van der Waals surface area (Å²) in [6, 6.07) is 6.50. The molecule has 26 heavy (non-hydrogen) atoms. The molecule has 0 saturated heterocycles. The predicted molar refractivity (Wildman–Crippen MR) is 89.8 cm³/mol. The number of thiophene rings is 1. The van der Waals surface area contributed by atoms with Gasteiger partial charge in [0.25, 0.3) is 0 Å². The van der Waals surface area contributed by atoms with Gasteiger partial charge in [-0.1, -0.05) is 17.3 Å². The molecular formula is C17H14F3N3O2S. The van der Waals surface area contributed by atoms with Crippen LogP contribution in [0.2, 0.25) is 0 Å². The van der Waals surface area contributed by atoms with Gasteiger partial charge in [-0.3, -0.25) is 0 Å². The summed E-state index contributed by atoms with van der Waals surface area (Å²) in [6.07, 6.45) is -4.39. The molecule has 0 spiro atoms. The maximum atomic E-state index is 12.7. The Bertz CT molecular complexity index is 887. The molecule has 0 unspecified atom stereocenters. The summed E-state index contributed by atoms with van der Waals surface area (Å²) >= 11 is 1.45. The molecule has 9 heteroatoms. The first-order chi connectivity index (χ1) is 12.4. The number of halogens is 3. The van der Waals surface area contributed by atoms with Crippen molar-refractivity contribution in [3.05, 3.63) is 57.9 Å². The Morgan fingerprint density at radius 3 is 2.54 bits per heavy atom. The highest BCUT2D eigenvalue weighted by molar-refractivity contribution is 7.08. The van der Waals surface area contributed by atoms with Crippen molar-refractivity contribution in [3.63, 3.8) is 0 Å². The number of rotatable bonds is 5. The second-order valence-electron chi connectivity index (χ2n) is 5.37. The molecule has 1 aromatic carbocycles. The lowest BCUT2D eigenvalue weighted by Gasteiger charge is -2.09. The summed E-state index contributed by atoms with van der Waals surface area (Å²) in [5.41, 5.74) is 1.12. The van der Waals surface area contributed by atoms with Crippen molar-refractivity contribution in [2.75, 3.05) is 6.61 Å². The van der Waals surface area contributed by atoms with E-state index in [1.54, 1.807) is 13.0 Å². The SMILES string of the molecule is CCOC(=O)c1c(-c2ccsc2)nnn1Cc1ccc(C(F)(F)F)cc1. The molecule has 136 valence electrons. The Morgan fingerprint density at radius 2 is 1.96 bits per heavy atom. The first kappa shape index (κ1) is 18.1. The van der Waals surface area contributed by atoms with Crippen molar-refractivity contribution in [1.82, 2.24) is 15.0 Å². The van der Waals surface area contributed by atoms with Crippen molar-refractivity contribution < 1.29 is 22.7 Å². The lowest BCUT2D eigenvalue weighted by molar-refractivity contribution is -0.137. The van der Waals surface area contributed by atoms with Gasteiger partial charge in [0.2, 0.25) is 0 Å². The number of esters is 1. The number of carbonyl (C=O) groups is 1. The molecule has 0 bridgehead atoms. The van der Waals surface area contributed by atoms with E-state index < -0.39 is 17.7 Å². The highest BCUT2D eigenvalue weighted by Crippen LogP contribution is 2.29. The van der Waals surface area contributed by atoms with Gasteiger partial charge in [-0.05, 0) is 36.1 Å². The number of benzene rings is 1. The minimum atomic E-state index is -4.39. The van der Waals surface area contributed by atoms with Crippen LogP contribution in [0.4, 0.5) is 13.2 Å². The van der Waals surface area contributed by atoms with Crippen molar-refractivity contribution in [2.24, 2.45) is 0 Å². The monoisotopic (exact) mass is 381 g/mol. The summed E-state index contributed by atoms with van der Waals surface area (Å²) in [6.45, 7) is 1.98. The second-order valence-corrected chi connectivity index (χ2v) is 6.15. The third kappa shape index (κ3) is 3.77. The van der Waals surface area contributed by atoms with Gasteiger partial charge in [-0.2, -0.15) is 24.5 Å². The number of hydrogen-bond acceptors (Lipinski definition) is 5. The lowest BCUT2D eigenvalue weighted by atomic mass is 10.1. The summed E-state index contributed by atoms with van der Waals surface area (Å²) in [5.74, 6) is -0.578. The molecule has 3 aromatic rings. The molecule has 2 aromatic heterocycles. The van der Waals surface area contributed by atoms with Crippen molar-refractivity contribution in [2.45, 2.75) is 19.6 Å². The van der Waals surface area contributed by atoms with Gasteiger partial charge >= 0.3 is 12.1 Å². The summed E-state index contributed by atoms with van der Waals surface area (Å²) in [4.78, 5) is 12.4. The third-order valence-electron chi connectivity index (χ3n) is 3.61. The fourth-order valence-corrected chi connectivity index (χ4v) is 3.03. The Balaban J connectivity index is 1.93. The van der Waals surface area contributed by atoms with Crippen LogP contribution in [0.25, 0.3) is 11.3 Å². The molecule has 0 aliphatic carbocycles. The van der Waals surface area contributed by atoms with E-state index in [1.807, 2.05) is 10.8 Å². The zero-order chi connectivity index (χ0) is 18.7. The molecule has 5 nitrogen and oxygen atoms in total. The molecule has 3 rings (SSSR count). The van der Waals surface area contributed by atoms with Crippen molar-refractivity contribution in [1.29, 1.82) is 0 Å². The minimum absolute atomic E-state index is 0.101. The van der Waals surface area contributed by atoms with E-state index in [-0.39, 0.29) is 18.8 Å². The van der Waals surface area contributed by atoms with Crippen LogP contribution in [0.5, 0.6) is 0 Å². The van der Waals surface area contributed by atoms with E-state index in [9.17, 15) is 18.0 Å². The minimum Gasteiger partial charge on any atom is -0.461 e. The Labute approximate surface area is 151 Å². The molecule has 0 N–H and O–H groups in total. The Morgan fingerprint density at radius 1 is 1.23 bits per heavy atom. The number of ether oxygens (including phenoxy) is 1. The quantitative estimate of drug-likeness (QED) is 0.620. The van der Waals surface area contributed by atoms with Gasteiger partial charge in [-0.25, -0.2) is 9.48 Å². The van der Waals surface area contributed by atoms with Crippen LogP contribution < -0.4 is 0 Å². The number of carbonyl (C=O) groups excluding carboxylic acids is 1. The van der Waals surface area contributed by atoms with Gasteiger partial charge in [0.1, 0.15) is 5.69 Å². The largest absolute Gasteiger partial charge is 0.461 e. The maximum Gasteiger partial charge on any atom is 0.416 e. The molecule has 0 amide bonds. The van der Waals surface area contributed by atoms with E-state index in [0.717, 1.165) is 17.7 Å². The van der Waals surface area contributed by atoms with E-state index in [0.29, 0.717) is 11.3 Å². The van der Waals surface area contributed by atoms with Gasteiger partial charge in [-0.15, -0.1) is 5.10 Å². The normalized spacial score (nSPS) is 11.5. The van der Waals surface area contributed by atoms with E-state index >= 15 is 0 Å². The average molecular weight is 381 g/mol. The average Bonchev–Trinajstić information content (AvgIpc) is 3.24. The van der Waals surface area contributed by atoms with Crippen molar-refractivity contribution in [3.8, 4) is 11.3 Å². The summed E-state index contributed by atoms with van der Waals surface area (Å²) in [7, 11) is 0. The van der Waals surface area contributed by atoms with Crippen LogP contribution in [-0.4, -0.2) is 27.6 Å². The molecule has 0 radical (unpaired) electrons. The first-order valence-electron chi connectivity index (χ1n) is 7.69. The fraction of sp³-hybridized carbons (Fsp3) is 0.235. The van der Waals surface area contributed by atoms with Crippen LogP contribution in [-0.2, 0) is 17.5 Å². The van der Waals surface area contributed by atoms with Gasteiger partial charge in [0.05, 0.1) is 18.7 Å². The third-order valence-corrected chi connectivity index (χ3v) is 4.30. The van der Waals surface area contributed by atoms with Crippen molar-refractivity contribution >= 4 is 17.3 Å². The smallest absolute Gasteiger partial charge is 0.416 e. The Hall–Kier alpha value is -2.68. The van der Waals surface area contributed by atoms with Gasteiger partial charge in [0, 0.05) is 10.9 Å². The van der Waals surface area contributed by atoms with Crippen LogP contribution in [0.15, 0.2) is 41.1 Å². The standard InChI is InChI=1S/C17H14F3N3O2S/c1-2-25-16(24)15-14(12-7-8-26-10-12)21-22-23(15)9-11-3-5-13(6-4-11)17(18,19)20/h3-8,10H,2,9H2,1H3. The van der Waals surface area contributed by atoms with Crippen LogP contribution >= 0.6 is 11.3 Å². The highest BCUT2D eigenvalue weighted by atomic mass is 32.1. The molecule has 0 saturated carbocycles. The molecular weight excluding hydrogens is 367 g/mol. The zero-order valence-electron chi connectivity index (χ0n) is 13.7. The molecule has 0 fully saturated rings. The maximum absolute atomic E-state index is 12.7. The second kappa shape index (κ2) is 7.28. The van der Waals surface area contributed by atoms with Gasteiger partial charge < -0.3 is 4.74 Å². The van der Waals surface area contributed by atoms with E-state index in [2.05, 4.69) is 10.3 Å². The number of nitrogens with zero attached hydrogens (tertiary/aromatic N) is 3. The van der Waals surface area contributed by atoms with Crippen LogP contribution in [0.1, 0.15) is 28.5 Å². The van der Waals surface area contributed by atoms with Crippen LogP contribution in [0.3, 0.4) is 0 Å². The predicted octanol–water partition coefficient (Wildman–Crippen LogP) is 4.25.